The fraction of sp³-hybridized carbons (Fsp3) is 0.333. The van der Waals surface area contributed by atoms with Gasteiger partial charge in [0.25, 0.3) is 0 Å². The predicted octanol–water partition coefficient (Wildman–Crippen LogP) is 1.56. The molecule has 0 amide bonds. The first-order valence-electron chi connectivity index (χ1n) is 5.53. The van der Waals surface area contributed by atoms with Crippen LogP contribution in [0.4, 0.5) is 0 Å². The molecule has 0 saturated heterocycles. The van der Waals surface area contributed by atoms with Crippen molar-refractivity contribution in [1.82, 2.24) is 0 Å². The molecule has 1 aliphatic rings. The predicted molar refractivity (Wildman–Crippen MR) is 70.7 cm³/mol. The molecule has 98 valence electrons. The smallest absolute Gasteiger partial charge is 0.200 e. The molecule has 0 radical (unpaired) electrons. The second-order valence-corrected chi connectivity index (χ2v) is 8.43. The van der Waals surface area contributed by atoms with Crippen LogP contribution in [0.1, 0.15) is 18.1 Å². The van der Waals surface area contributed by atoms with Crippen molar-refractivity contribution in [3.05, 3.63) is 34.7 Å². The maximum Gasteiger partial charge on any atom is 0.200 e. The number of fused-ring (bicyclic) bond motifs is 1. The van der Waals surface area contributed by atoms with Gasteiger partial charge in [-0.05, 0) is 24.1 Å². The molecule has 0 atom stereocenters. The van der Waals surface area contributed by atoms with Gasteiger partial charge in [-0.2, -0.15) is 0 Å². The van der Waals surface area contributed by atoms with E-state index in [0.717, 1.165) is 11.0 Å². The van der Waals surface area contributed by atoms with Crippen molar-refractivity contribution in [3.63, 3.8) is 0 Å². The number of sulfone groups is 2. The summed E-state index contributed by atoms with van der Waals surface area (Å²) in [7, 11) is -6.73. The maximum atomic E-state index is 11.9. The lowest BCUT2D eigenvalue weighted by atomic mass is 10.0. The number of hydrogen-bond donors (Lipinski definition) is 0. The zero-order valence-corrected chi connectivity index (χ0v) is 11.8. The summed E-state index contributed by atoms with van der Waals surface area (Å²) in [6, 6.07) is 4.96. The van der Waals surface area contributed by atoms with E-state index in [1.807, 2.05) is 0 Å². The Morgan fingerprint density at radius 2 is 1.89 bits per heavy atom. The van der Waals surface area contributed by atoms with Gasteiger partial charge in [0.15, 0.2) is 9.84 Å². The van der Waals surface area contributed by atoms with E-state index < -0.39 is 19.7 Å². The SMILES string of the molecule is CCS(=O)(=O)CC1=CS(=O)(=O)c2cccc(C)c21. The van der Waals surface area contributed by atoms with Crippen LogP contribution in [-0.2, 0) is 19.7 Å². The summed E-state index contributed by atoms with van der Waals surface area (Å²) in [5.74, 6) is -0.216. The molecule has 6 heteroatoms. The van der Waals surface area contributed by atoms with Gasteiger partial charge in [0.1, 0.15) is 0 Å². The summed E-state index contributed by atoms with van der Waals surface area (Å²) in [6.07, 6.45) is 0. The van der Waals surface area contributed by atoms with Gasteiger partial charge in [0, 0.05) is 16.7 Å². The van der Waals surface area contributed by atoms with Crippen molar-refractivity contribution in [2.24, 2.45) is 0 Å². The van der Waals surface area contributed by atoms with Gasteiger partial charge in [-0.25, -0.2) is 16.8 Å². The first-order valence-corrected chi connectivity index (χ1v) is 8.89. The van der Waals surface area contributed by atoms with E-state index in [2.05, 4.69) is 0 Å². The van der Waals surface area contributed by atoms with E-state index in [1.165, 1.54) is 6.07 Å². The van der Waals surface area contributed by atoms with Crippen LogP contribution >= 0.6 is 0 Å². The molecule has 1 heterocycles. The number of benzene rings is 1. The van der Waals surface area contributed by atoms with E-state index in [1.54, 1.807) is 26.0 Å². The van der Waals surface area contributed by atoms with Crippen molar-refractivity contribution in [1.29, 1.82) is 0 Å². The molecule has 0 aliphatic carbocycles. The molecule has 18 heavy (non-hydrogen) atoms. The lowest BCUT2D eigenvalue weighted by molar-refractivity contribution is 0.600. The van der Waals surface area contributed by atoms with Crippen LogP contribution in [0.3, 0.4) is 0 Å². The summed E-state index contributed by atoms with van der Waals surface area (Å²) in [4.78, 5) is 0.212. The van der Waals surface area contributed by atoms with Gasteiger partial charge in [-0.15, -0.1) is 0 Å². The summed E-state index contributed by atoms with van der Waals surface area (Å²) in [5, 5.41) is 1.08. The third kappa shape index (κ3) is 2.22. The van der Waals surface area contributed by atoms with Crippen LogP contribution in [0.5, 0.6) is 0 Å². The van der Waals surface area contributed by atoms with Crippen molar-refractivity contribution in [2.75, 3.05) is 11.5 Å². The number of aryl methyl sites for hydroxylation is 1. The quantitative estimate of drug-likeness (QED) is 0.845. The summed E-state index contributed by atoms with van der Waals surface area (Å²) in [5.41, 5.74) is 1.71. The Hall–Kier alpha value is -1.14. The summed E-state index contributed by atoms with van der Waals surface area (Å²) in [6.45, 7) is 3.34. The van der Waals surface area contributed by atoms with E-state index in [4.69, 9.17) is 0 Å². The summed E-state index contributed by atoms with van der Waals surface area (Å²) >= 11 is 0. The molecule has 0 bridgehead atoms. The Balaban J connectivity index is 2.61. The van der Waals surface area contributed by atoms with Crippen molar-refractivity contribution < 1.29 is 16.8 Å². The molecule has 4 nitrogen and oxygen atoms in total. The highest BCUT2D eigenvalue weighted by Crippen LogP contribution is 2.36. The fourth-order valence-electron chi connectivity index (χ4n) is 2.04. The first-order chi connectivity index (χ1) is 8.27. The number of rotatable bonds is 3. The van der Waals surface area contributed by atoms with Gasteiger partial charge in [-0.3, -0.25) is 0 Å². The fourth-order valence-corrected chi connectivity index (χ4v) is 4.60. The topological polar surface area (TPSA) is 68.3 Å². The summed E-state index contributed by atoms with van der Waals surface area (Å²) < 4.78 is 47.1. The van der Waals surface area contributed by atoms with Gasteiger partial charge < -0.3 is 0 Å². The molecule has 0 unspecified atom stereocenters. The second-order valence-electron chi connectivity index (χ2n) is 4.31. The minimum atomic E-state index is -3.48. The van der Waals surface area contributed by atoms with Crippen LogP contribution in [0.2, 0.25) is 0 Å². The molecule has 1 aromatic rings. The lowest BCUT2D eigenvalue weighted by Crippen LogP contribution is -2.10. The molecular formula is C12H14O4S2. The third-order valence-corrected chi connectivity index (χ3v) is 6.15. The monoisotopic (exact) mass is 286 g/mol. The molecule has 1 aromatic carbocycles. The Morgan fingerprint density at radius 1 is 1.22 bits per heavy atom. The standard InChI is InChI=1S/C12H14O4S2/c1-3-17(13,14)7-10-8-18(15,16)11-6-4-5-9(2)12(10)11/h4-6,8H,3,7H2,1-2H3. The number of hydrogen-bond acceptors (Lipinski definition) is 4. The molecule has 1 aliphatic heterocycles. The molecule has 0 spiro atoms. The molecule has 0 fully saturated rings. The average molecular weight is 286 g/mol. The molecular weight excluding hydrogens is 272 g/mol. The van der Waals surface area contributed by atoms with E-state index in [9.17, 15) is 16.8 Å². The molecule has 0 N–H and O–H groups in total. The third-order valence-electron chi connectivity index (χ3n) is 2.97. The van der Waals surface area contributed by atoms with E-state index in [0.29, 0.717) is 11.1 Å². The Labute approximate surface area is 107 Å². The highest BCUT2D eigenvalue weighted by Gasteiger charge is 2.30. The zero-order valence-electron chi connectivity index (χ0n) is 10.2. The highest BCUT2D eigenvalue weighted by molar-refractivity contribution is 7.95. The molecule has 0 saturated carbocycles. The Kier molecular flexibility index (Phi) is 3.11. The van der Waals surface area contributed by atoms with Crippen LogP contribution in [0, 0.1) is 6.92 Å². The zero-order chi connectivity index (χ0) is 13.6. The van der Waals surface area contributed by atoms with E-state index >= 15 is 0 Å². The Morgan fingerprint density at radius 3 is 2.50 bits per heavy atom. The van der Waals surface area contributed by atoms with E-state index in [-0.39, 0.29) is 16.4 Å². The normalized spacial score (nSPS) is 17.3. The second kappa shape index (κ2) is 4.20. The van der Waals surface area contributed by atoms with Gasteiger partial charge in [0.05, 0.1) is 10.6 Å². The van der Waals surface area contributed by atoms with Gasteiger partial charge in [0.2, 0.25) is 9.84 Å². The molecule has 0 aromatic heterocycles. The maximum absolute atomic E-state index is 11.9. The van der Waals surface area contributed by atoms with Gasteiger partial charge in [-0.1, -0.05) is 19.1 Å². The minimum Gasteiger partial charge on any atom is -0.229 e. The van der Waals surface area contributed by atoms with Crippen LogP contribution < -0.4 is 0 Å². The van der Waals surface area contributed by atoms with Crippen LogP contribution in [0.25, 0.3) is 5.57 Å². The minimum absolute atomic E-state index is 0.00556. The Bertz CT molecular complexity index is 725. The van der Waals surface area contributed by atoms with Crippen molar-refractivity contribution in [2.45, 2.75) is 18.7 Å². The first kappa shape index (κ1) is 13.3. The van der Waals surface area contributed by atoms with Crippen LogP contribution in [0.15, 0.2) is 28.5 Å². The van der Waals surface area contributed by atoms with Crippen molar-refractivity contribution >= 4 is 25.2 Å². The largest absolute Gasteiger partial charge is 0.229 e. The highest BCUT2D eigenvalue weighted by atomic mass is 32.2. The lowest BCUT2D eigenvalue weighted by Gasteiger charge is -2.07. The average Bonchev–Trinajstić information content (AvgIpc) is 2.51. The van der Waals surface area contributed by atoms with Crippen LogP contribution in [-0.4, -0.2) is 28.3 Å². The van der Waals surface area contributed by atoms with Crippen molar-refractivity contribution in [3.8, 4) is 0 Å². The van der Waals surface area contributed by atoms with Gasteiger partial charge >= 0.3 is 0 Å². The molecule has 2 rings (SSSR count).